The van der Waals surface area contributed by atoms with Crippen molar-refractivity contribution in [3.05, 3.63) is 28.2 Å². The highest BCUT2D eigenvalue weighted by Crippen LogP contribution is 2.33. The highest BCUT2D eigenvalue weighted by atomic mass is 79.9. The Morgan fingerprint density at radius 1 is 1.60 bits per heavy atom. The van der Waals surface area contributed by atoms with Gasteiger partial charge in [-0.1, -0.05) is 29.3 Å². The number of carboxylic acids is 1. The van der Waals surface area contributed by atoms with Crippen molar-refractivity contribution in [3.8, 4) is 6.07 Å². The van der Waals surface area contributed by atoms with Gasteiger partial charge in [0, 0.05) is 11.0 Å². The van der Waals surface area contributed by atoms with E-state index in [9.17, 15) is 15.2 Å². The van der Waals surface area contributed by atoms with E-state index in [1.165, 1.54) is 0 Å². The zero-order valence-electron chi connectivity index (χ0n) is 11.3. The first-order valence-electron chi connectivity index (χ1n) is 6.76. The molecule has 20 heavy (non-hydrogen) atoms. The van der Waals surface area contributed by atoms with Crippen LogP contribution < -0.4 is 4.90 Å². The Morgan fingerprint density at radius 2 is 2.35 bits per heavy atom. The quantitative estimate of drug-likeness (QED) is 0.918. The van der Waals surface area contributed by atoms with E-state index in [0.29, 0.717) is 30.1 Å². The summed E-state index contributed by atoms with van der Waals surface area (Å²) < 4.78 is 0.855. The maximum absolute atomic E-state index is 11.5. The van der Waals surface area contributed by atoms with Crippen molar-refractivity contribution >= 4 is 27.6 Å². The van der Waals surface area contributed by atoms with Gasteiger partial charge in [0.25, 0.3) is 0 Å². The van der Waals surface area contributed by atoms with E-state index in [1.807, 2.05) is 11.0 Å². The minimum Gasteiger partial charge on any atom is -0.480 e. The fourth-order valence-electron chi connectivity index (χ4n) is 2.77. The topological polar surface area (TPSA) is 64.3 Å². The van der Waals surface area contributed by atoms with Gasteiger partial charge in [0.15, 0.2) is 0 Å². The number of hydrogen-bond donors (Lipinski definition) is 1. The van der Waals surface area contributed by atoms with Gasteiger partial charge in [0.1, 0.15) is 12.1 Å². The monoisotopic (exact) mass is 336 g/mol. The molecule has 0 spiro atoms. The summed E-state index contributed by atoms with van der Waals surface area (Å²) in [6, 6.07) is 6.97. The Hall–Kier alpha value is -1.54. The second kappa shape index (κ2) is 6.27. The molecule has 0 bridgehead atoms. The van der Waals surface area contributed by atoms with Gasteiger partial charge in [-0.05, 0) is 37.0 Å². The van der Waals surface area contributed by atoms with E-state index < -0.39 is 12.0 Å². The molecule has 0 aromatic heterocycles. The van der Waals surface area contributed by atoms with Gasteiger partial charge < -0.3 is 10.0 Å². The number of benzene rings is 1. The highest BCUT2D eigenvalue weighted by Gasteiger charge is 2.33. The van der Waals surface area contributed by atoms with Crippen molar-refractivity contribution in [2.75, 3.05) is 11.4 Å². The molecule has 1 aromatic carbocycles. The van der Waals surface area contributed by atoms with Crippen LogP contribution in [0.3, 0.4) is 0 Å². The van der Waals surface area contributed by atoms with Crippen LogP contribution in [0.5, 0.6) is 0 Å². The first-order chi connectivity index (χ1) is 9.56. The average molecular weight is 337 g/mol. The summed E-state index contributed by atoms with van der Waals surface area (Å²) in [4.78, 5) is 13.4. The predicted octanol–water partition coefficient (Wildman–Crippen LogP) is 3.40. The Labute approximate surface area is 127 Å². The van der Waals surface area contributed by atoms with Gasteiger partial charge >= 0.3 is 5.97 Å². The molecular formula is C15H17BrN2O2. The van der Waals surface area contributed by atoms with Gasteiger partial charge in [0.05, 0.1) is 11.3 Å². The zero-order valence-corrected chi connectivity index (χ0v) is 12.9. The second-order valence-electron chi connectivity index (χ2n) is 5.12. The molecule has 2 rings (SSSR count). The number of rotatable bonds is 3. The molecule has 4 nitrogen and oxygen atoms in total. The number of hydrogen-bond acceptors (Lipinski definition) is 3. The first-order valence-corrected chi connectivity index (χ1v) is 7.55. The van der Waals surface area contributed by atoms with Crippen LogP contribution in [0.4, 0.5) is 5.69 Å². The third-order valence-corrected chi connectivity index (χ3v) is 4.46. The van der Waals surface area contributed by atoms with E-state index in [-0.39, 0.29) is 0 Å². The van der Waals surface area contributed by atoms with Crippen molar-refractivity contribution in [2.45, 2.75) is 32.2 Å². The van der Waals surface area contributed by atoms with Crippen LogP contribution in [0.1, 0.15) is 31.7 Å². The molecule has 5 heteroatoms. The Kier molecular flexibility index (Phi) is 4.66. The molecule has 0 amide bonds. The predicted molar refractivity (Wildman–Crippen MR) is 80.6 cm³/mol. The summed E-state index contributed by atoms with van der Waals surface area (Å²) in [5.74, 6) is -0.364. The van der Waals surface area contributed by atoms with Gasteiger partial charge in [-0.15, -0.1) is 0 Å². The molecule has 2 atom stereocenters. The minimum atomic E-state index is -0.813. The van der Waals surface area contributed by atoms with Crippen LogP contribution in [0.15, 0.2) is 22.7 Å². The summed E-state index contributed by atoms with van der Waals surface area (Å²) in [7, 11) is 0. The molecule has 1 fully saturated rings. The SMILES string of the molecule is CCC1CCN(c2cc(Br)ccc2C#N)C(C(=O)O)C1. The van der Waals surface area contributed by atoms with Crippen LogP contribution in [-0.4, -0.2) is 23.7 Å². The lowest BCUT2D eigenvalue weighted by Crippen LogP contribution is -2.47. The lowest BCUT2D eigenvalue weighted by molar-refractivity contribution is -0.139. The molecule has 0 radical (unpaired) electrons. The summed E-state index contributed by atoms with van der Waals surface area (Å²) in [5.41, 5.74) is 1.23. The van der Waals surface area contributed by atoms with Gasteiger partial charge in [-0.2, -0.15) is 5.26 Å². The summed E-state index contributed by atoms with van der Waals surface area (Å²) in [6.45, 7) is 2.78. The zero-order chi connectivity index (χ0) is 14.7. The molecule has 1 saturated heterocycles. The standard InChI is InChI=1S/C15H17BrN2O2/c1-2-10-5-6-18(14(7-10)15(19)20)13-8-12(16)4-3-11(13)9-17/h3-4,8,10,14H,2,5-7H2,1H3,(H,19,20). The number of carboxylic acid groups (broad SMARTS) is 1. The third-order valence-electron chi connectivity index (χ3n) is 3.96. The van der Waals surface area contributed by atoms with Crippen LogP contribution in [0.2, 0.25) is 0 Å². The van der Waals surface area contributed by atoms with E-state index in [0.717, 1.165) is 17.3 Å². The molecule has 1 N–H and O–H groups in total. The fourth-order valence-corrected chi connectivity index (χ4v) is 3.12. The summed E-state index contributed by atoms with van der Waals surface area (Å²) in [5, 5.41) is 18.7. The fraction of sp³-hybridized carbons (Fsp3) is 0.467. The van der Waals surface area contributed by atoms with Crippen molar-refractivity contribution in [3.63, 3.8) is 0 Å². The van der Waals surface area contributed by atoms with E-state index in [1.54, 1.807) is 12.1 Å². The number of aliphatic carboxylic acids is 1. The van der Waals surface area contributed by atoms with Crippen LogP contribution >= 0.6 is 15.9 Å². The first kappa shape index (κ1) is 14.9. The summed E-state index contributed by atoms with van der Waals surface area (Å²) >= 11 is 3.39. The number of nitriles is 1. The Bertz CT molecular complexity index is 553. The Balaban J connectivity index is 2.38. The maximum atomic E-state index is 11.5. The number of carbonyl (C=O) groups is 1. The molecule has 1 aliphatic rings. The molecule has 2 unspecified atom stereocenters. The molecule has 0 aliphatic carbocycles. The Morgan fingerprint density at radius 3 is 2.95 bits per heavy atom. The van der Waals surface area contributed by atoms with Gasteiger partial charge in [-0.3, -0.25) is 0 Å². The van der Waals surface area contributed by atoms with Crippen molar-refractivity contribution in [1.82, 2.24) is 0 Å². The highest BCUT2D eigenvalue weighted by molar-refractivity contribution is 9.10. The number of halogens is 1. The van der Waals surface area contributed by atoms with Crippen LogP contribution in [-0.2, 0) is 4.79 Å². The molecule has 106 valence electrons. The molecule has 1 aromatic rings. The van der Waals surface area contributed by atoms with E-state index in [4.69, 9.17) is 0 Å². The summed E-state index contributed by atoms with van der Waals surface area (Å²) in [6.07, 6.45) is 2.61. The van der Waals surface area contributed by atoms with E-state index in [2.05, 4.69) is 28.9 Å². The molecule has 1 aliphatic heterocycles. The van der Waals surface area contributed by atoms with Crippen molar-refractivity contribution < 1.29 is 9.90 Å². The third kappa shape index (κ3) is 2.96. The average Bonchev–Trinajstić information content (AvgIpc) is 2.46. The van der Waals surface area contributed by atoms with Gasteiger partial charge in [-0.25, -0.2) is 4.79 Å². The smallest absolute Gasteiger partial charge is 0.326 e. The lowest BCUT2D eigenvalue weighted by atomic mass is 9.88. The van der Waals surface area contributed by atoms with Crippen molar-refractivity contribution in [1.29, 1.82) is 5.26 Å². The molecular weight excluding hydrogens is 320 g/mol. The molecule has 1 heterocycles. The van der Waals surface area contributed by atoms with Crippen LogP contribution in [0.25, 0.3) is 0 Å². The normalized spacial score (nSPS) is 22.4. The maximum Gasteiger partial charge on any atom is 0.326 e. The number of nitrogens with zero attached hydrogens (tertiary/aromatic N) is 2. The van der Waals surface area contributed by atoms with Crippen molar-refractivity contribution in [2.24, 2.45) is 5.92 Å². The largest absolute Gasteiger partial charge is 0.480 e. The number of piperidine rings is 1. The number of anilines is 1. The van der Waals surface area contributed by atoms with E-state index >= 15 is 0 Å². The second-order valence-corrected chi connectivity index (χ2v) is 6.04. The van der Waals surface area contributed by atoms with Crippen LogP contribution in [0, 0.1) is 17.2 Å². The van der Waals surface area contributed by atoms with Gasteiger partial charge in [0.2, 0.25) is 0 Å². The molecule has 0 saturated carbocycles. The lowest BCUT2D eigenvalue weighted by Gasteiger charge is -2.39. The minimum absolute atomic E-state index is 0.449.